The van der Waals surface area contributed by atoms with Gasteiger partial charge in [-0.3, -0.25) is 9.89 Å². The molecular weight excluding hydrogens is 326 g/mol. The molecule has 0 radical (unpaired) electrons. The molecule has 6 nitrogen and oxygen atoms in total. The first-order valence-electron chi connectivity index (χ1n) is 8.63. The minimum Gasteiger partial charge on any atom is -0.305 e. The van der Waals surface area contributed by atoms with Gasteiger partial charge in [0.05, 0.1) is 5.69 Å². The molecule has 0 aliphatic rings. The Morgan fingerprint density at radius 1 is 1.31 bits per heavy atom. The molecule has 26 heavy (non-hydrogen) atoms. The second-order valence-electron chi connectivity index (χ2n) is 7.52. The Balaban J connectivity index is 1.75. The lowest BCUT2D eigenvalue weighted by Gasteiger charge is -2.20. The maximum absolute atomic E-state index is 12.1. The van der Waals surface area contributed by atoms with E-state index in [4.69, 9.17) is 5.26 Å². The molecule has 0 aliphatic heterocycles. The quantitative estimate of drug-likeness (QED) is 0.758. The molecule has 0 amide bonds. The molecule has 2 aromatic heterocycles. The van der Waals surface area contributed by atoms with Gasteiger partial charge in [-0.25, -0.2) is 9.50 Å². The summed E-state index contributed by atoms with van der Waals surface area (Å²) >= 11 is 0. The molecule has 2 heterocycles. The fourth-order valence-corrected chi connectivity index (χ4v) is 2.85. The molecule has 0 spiro atoms. The number of hydrogen-bond donors (Lipinski definition) is 2. The largest absolute Gasteiger partial charge is 0.305 e. The average Bonchev–Trinajstić information content (AvgIpc) is 3.02. The number of benzene rings is 1. The van der Waals surface area contributed by atoms with Gasteiger partial charge in [-0.1, -0.05) is 45.0 Å². The van der Waals surface area contributed by atoms with Crippen molar-refractivity contribution in [3.05, 3.63) is 69.3 Å². The smallest absolute Gasteiger partial charge is 0.272 e. The molecule has 0 saturated heterocycles. The van der Waals surface area contributed by atoms with E-state index in [0.29, 0.717) is 23.4 Å². The summed E-state index contributed by atoms with van der Waals surface area (Å²) in [5.74, 6) is 0. The zero-order valence-corrected chi connectivity index (χ0v) is 15.5. The van der Waals surface area contributed by atoms with E-state index in [1.807, 2.05) is 6.07 Å². The van der Waals surface area contributed by atoms with E-state index in [9.17, 15) is 4.79 Å². The Hall–Kier alpha value is -2.91. The van der Waals surface area contributed by atoms with Crippen molar-refractivity contribution in [1.29, 1.82) is 5.26 Å². The lowest BCUT2D eigenvalue weighted by atomic mass is 9.86. The molecule has 0 saturated carbocycles. The number of H-pyrrole nitrogens is 1. The third-order valence-corrected chi connectivity index (χ3v) is 4.54. The second-order valence-corrected chi connectivity index (χ2v) is 7.52. The van der Waals surface area contributed by atoms with Crippen molar-refractivity contribution in [2.24, 2.45) is 0 Å². The molecule has 6 heteroatoms. The SMILES string of the molecule is CC(NCc1cc(=O)n2[nH]cc(C#N)c2n1)c1ccc(C(C)(C)C)cc1. The van der Waals surface area contributed by atoms with Crippen LogP contribution in [0.1, 0.15) is 56.1 Å². The van der Waals surface area contributed by atoms with Crippen LogP contribution in [0.4, 0.5) is 0 Å². The summed E-state index contributed by atoms with van der Waals surface area (Å²) in [4.78, 5) is 16.6. The molecule has 1 aromatic carbocycles. The maximum atomic E-state index is 12.1. The van der Waals surface area contributed by atoms with Crippen LogP contribution in [0.3, 0.4) is 0 Å². The Kier molecular flexibility index (Phi) is 4.66. The number of aromatic nitrogens is 3. The summed E-state index contributed by atoms with van der Waals surface area (Å²) in [6.07, 6.45) is 1.49. The summed E-state index contributed by atoms with van der Waals surface area (Å²) in [6.45, 7) is 9.11. The Morgan fingerprint density at radius 2 is 2.00 bits per heavy atom. The molecule has 1 atom stereocenters. The van der Waals surface area contributed by atoms with Gasteiger partial charge >= 0.3 is 0 Å². The van der Waals surface area contributed by atoms with Crippen molar-refractivity contribution < 1.29 is 0 Å². The monoisotopic (exact) mass is 349 g/mol. The van der Waals surface area contributed by atoms with Crippen LogP contribution in [0.15, 0.2) is 41.3 Å². The number of nitriles is 1. The van der Waals surface area contributed by atoms with E-state index >= 15 is 0 Å². The topological polar surface area (TPSA) is 86.0 Å². The van der Waals surface area contributed by atoms with Crippen LogP contribution in [0.25, 0.3) is 5.65 Å². The van der Waals surface area contributed by atoms with E-state index in [0.717, 1.165) is 0 Å². The predicted molar refractivity (Wildman–Crippen MR) is 101 cm³/mol. The number of fused-ring (bicyclic) bond motifs is 1. The molecule has 1 unspecified atom stereocenters. The highest BCUT2D eigenvalue weighted by molar-refractivity contribution is 5.53. The fourth-order valence-electron chi connectivity index (χ4n) is 2.85. The van der Waals surface area contributed by atoms with Gasteiger partial charge in [0.2, 0.25) is 0 Å². The molecular formula is C20H23N5O. The Morgan fingerprint density at radius 3 is 2.62 bits per heavy atom. The highest BCUT2D eigenvalue weighted by atomic mass is 16.1. The average molecular weight is 349 g/mol. The van der Waals surface area contributed by atoms with E-state index < -0.39 is 0 Å². The van der Waals surface area contributed by atoms with Crippen LogP contribution in [0, 0.1) is 11.3 Å². The van der Waals surface area contributed by atoms with Crippen molar-refractivity contribution in [1.82, 2.24) is 19.9 Å². The summed E-state index contributed by atoms with van der Waals surface area (Å²) in [5, 5.41) is 15.2. The number of nitrogens with zero attached hydrogens (tertiary/aromatic N) is 3. The Labute approximate surface area is 152 Å². The summed E-state index contributed by atoms with van der Waals surface area (Å²) in [6, 6.07) is 12.2. The van der Waals surface area contributed by atoms with Crippen LogP contribution in [0.5, 0.6) is 0 Å². The molecule has 134 valence electrons. The molecule has 3 rings (SSSR count). The van der Waals surface area contributed by atoms with Gasteiger partial charge < -0.3 is 5.32 Å². The summed E-state index contributed by atoms with van der Waals surface area (Å²) < 4.78 is 1.27. The van der Waals surface area contributed by atoms with Crippen LogP contribution in [-0.2, 0) is 12.0 Å². The van der Waals surface area contributed by atoms with Gasteiger partial charge in [-0.2, -0.15) is 5.26 Å². The summed E-state index contributed by atoms with van der Waals surface area (Å²) in [7, 11) is 0. The minimum atomic E-state index is -0.226. The van der Waals surface area contributed by atoms with E-state index in [-0.39, 0.29) is 17.0 Å². The fraction of sp³-hybridized carbons (Fsp3) is 0.350. The van der Waals surface area contributed by atoms with E-state index in [1.165, 1.54) is 27.9 Å². The van der Waals surface area contributed by atoms with Crippen LogP contribution in [-0.4, -0.2) is 14.6 Å². The number of nitrogens with one attached hydrogen (secondary N) is 2. The first-order chi connectivity index (χ1) is 12.3. The molecule has 3 aromatic rings. The van der Waals surface area contributed by atoms with Crippen molar-refractivity contribution in [2.75, 3.05) is 0 Å². The van der Waals surface area contributed by atoms with Gasteiger partial charge in [-0.15, -0.1) is 0 Å². The standard InChI is InChI=1S/C20H23N5O/c1-13(14-5-7-16(8-6-14)20(2,3)4)22-12-17-9-18(26)25-19(24-17)15(10-21)11-23-25/h5-9,11,13,22-23H,12H2,1-4H3. The highest BCUT2D eigenvalue weighted by Crippen LogP contribution is 2.24. The maximum Gasteiger partial charge on any atom is 0.272 e. The predicted octanol–water partition coefficient (Wildman–Crippen LogP) is 3.04. The third kappa shape index (κ3) is 3.53. The van der Waals surface area contributed by atoms with Crippen LogP contribution < -0.4 is 10.9 Å². The molecule has 0 aliphatic carbocycles. The van der Waals surface area contributed by atoms with Crippen molar-refractivity contribution in [3.8, 4) is 6.07 Å². The summed E-state index contributed by atoms with van der Waals surface area (Å²) in [5.41, 5.74) is 3.71. The third-order valence-electron chi connectivity index (χ3n) is 4.54. The van der Waals surface area contributed by atoms with Gasteiger partial charge in [0.1, 0.15) is 11.6 Å². The van der Waals surface area contributed by atoms with Crippen LogP contribution in [0.2, 0.25) is 0 Å². The number of hydrogen-bond acceptors (Lipinski definition) is 4. The van der Waals surface area contributed by atoms with Gasteiger partial charge in [0, 0.05) is 24.8 Å². The van der Waals surface area contributed by atoms with E-state index in [1.54, 1.807) is 0 Å². The van der Waals surface area contributed by atoms with E-state index in [2.05, 4.69) is 67.4 Å². The lowest BCUT2D eigenvalue weighted by molar-refractivity contribution is 0.563. The second kappa shape index (κ2) is 6.77. The first kappa shape index (κ1) is 17.9. The normalized spacial score (nSPS) is 12.9. The first-order valence-corrected chi connectivity index (χ1v) is 8.63. The Bertz CT molecular complexity index is 1020. The van der Waals surface area contributed by atoms with Crippen molar-refractivity contribution in [3.63, 3.8) is 0 Å². The number of aromatic amines is 1. The zero-order valence-electron chi connectivity index (χ0n) is 15.5. The number of rotatable bonds is 4. The van der Waals surface area contributed by atoms with Crippen molar-refractivity contribution >= 4 is 5.65 Å². The molecule has 0 fully saturated rings. The van der Waals surface area contributed by atoms with Crippen LogP contribution >= 0.6 is 0 Å². The molecule has 2 N–H and O–H groups in total. The van der Waals surface area contributed by atoms with Gasteiger partial charge in [0.15, 0.2) is 5.65 Å². The van der Waals surface area contributed by atoms with Gasteiger partial charge in [-0.05, 0) is 23.5 Å². The zero-order chi connectivity index (χ0) is 18.9. The van der Waals surface area contributed by atoms with Crippen molar-refractivity contribution in [2.45, 2.75) is 45.7 Å². The minimum absolute atomic E-state index is 0.117. The highest BCUT2D eigenvalue weighted by Gasteiger charge is 2.14. The van der Waals surface area contributed by atoms with Gasteiger partial charge in [0.25, 0.3) is 5.56 Å². The molecule has 0 bridgehead atoms. The lowest BCUT2D eigenvalue weighted by Crippen LogP contribution is -2.22.